The summed E-state index contributed by atoms with van der Waals surface area (Å²) in [6.07, 6.45) is 0.859. The van der Waals surface area contributed by atoms with Crippen LogP contribution in [-0.4, -0.2) is 15.2 Å². The monoisotopic (exact) mass is 194 g/mol. The molecule has 0 aromatic carbocycles. The Bertz CT molecular complexity index is 404. The largest absolute Gasteiger partial charge is 0.397 e. The molecule has 0 unspecified atom stereocenters. The Hall–Kier alpha value is -1.36. The lowest BCUT2D eigenvalue weighted by Gasteiger charge is -1.89. The molecule has 0 aliphatic carbocycles. The summed E-state index contributed by atoms with van der Waals surface area (Å²) in [4.78, 5) is 5.24. The van der Waals surface area contributed by atoms with Gasteiger partial charge in [-0.25, -0.2) is 4.98 Å². The molecule has 0 saturated carbocycles. The summed E-state index contributed by atoms with van der Waals surface area (Å²) in [6, 6.07) is 1.86. The van der Waals surface area contributed by atoms with E-state index in [0.717, 1.165) is 22.8 Å². The summed E-state index contributed by atoms with van der Waals surface area (Å²) in [7, 11) is 0. The molecule has 2 aromatic rings. The van der Waals surface area contributed by atoms with Crippen molar-refractivity contribution in [2.45, 2.75) is 13.3 Å². The van der Waals surface area contributed by atoms with Gasteiger partial charge in [0.15, 0.2) is 5.82 Å². The SMILES string of the molecule is CCc1nc(-c2sccc2N)n[nH]1. The fourth-order valence-electron chi connectivity index (χ4n) is 1.06. The first-order chi connectivity index (χ1) is 6.31. The zero-order valence-electron chi connectivity index (χ0n) is 7.24. The molecule has 0 bridgehead atoms. The van der Waals surface area contributed by atoms with Gasteiger partial charge in [-0.05, 0) is 11.4 Å². The van der Waals surface area contributed by atoms with Crippen LogP contribution in [0.25, 0.3) is 10.7 Å². The fraction of sp³-hybridized carbons (Fsp3) is 0.250. The Kier molecular flexibility index (Phi) is 2.02. The zero-order chi connectivity index (χ0) is 9.26. The van der Waals surface area contributed by atoms with Gasteiger partial charge in [-0.3, -0.25) is 5.10 Å². The van der Waals surface area contributed by atoms with Gasteiger partial charge in [0.1, 0.15) is 5.82 Å². The average Bonchev–Trinajstić information content (AvgIpc) is 2.71. The van der Waals surface area contributed by atoms with Crippen LogP contribution in [0.3, 0.4) is 0 Å². The van der Waals surface area contributed by atoms with Crippen molar-refractivity contribution < 1.29 is 0 Å². The molecule has 4 nitrogen and oxygen atoms in total. The first-order valence-electron chi connectivity index (χ1n) is 4.06. The van der Waals surface area contributed by atoms with Gasteiger partial charge in [-0.2, -0.15) is 5.10 Å². The van der Waals surface area contributed by atoms with Gasteiger partial charge in [-0.15, -0.1) is 11.3 Å². The second-order valence-electron chi connectivity index (χ2n) is 2.66. The van der Waals surface area contributed by atoms with E-state index >= 15 is 0 Å². The molecular formula is C8H10N4S. The number of aromatic amines is 1. The fourth-order valence-corrected chi connectivity index (χ4v) is 1.81. The first kappa shape index (κ1) is 8.25. The van der Waals surface area contributed by atoms with E-state index in [9.17, 15) is 0 Å². The first-order valence-corrected chi connectivity index (χ1v) is 4.94. The number of hydrogen-bond acceptors (Lipinski definition) is 4. The molecule has 2 aromatic heterocycles. The molecule has 0 spiro atoms. The quantitative estimate of drug-likeness (QED) is 0.764. The standard InChI is InChI=1S/C8H10N4S/c1-2-6-10-8(12-11-6)7-5(9)3-4-13-7/h3-4H,2,9H2,1H3,(H,10,11,12). The van der Waals surface area contributed by atoms with Crippen molar-refractivity contribution in [2.75, 3.05) is 5.73 Å². The van der Waals surface area contributed by atoms with E-state index in [0.29, 0.717) is 5.82 Å². The third-order valence-electron chi connectivity index (χ3n) is 1.77. The van der Waals surface area contributed by atoms with Crippen molar-refractivity contribution in [2.24, 2.45) is 0 Å². The Morgan fingerprint density at radius 3 is 3.00 bits per heavy atom. The Labute approximate surface area is 79.8 Å². The minimum Gasteiger partial charge on any atom is -0.397 e. The van der Waals surface area contributed by atoms with Crippen LogP contribution in [0, 0.1) is 0 Å². The van der Waals surface area contributed by atoms with Crippen molar-refractivity contribution in [3.05, 3.63) is 17.3 Å². The van der Waals surface area contributed by atoms with Crippen LogP contribution in [0.2, 0.25) is 0 Å². The smallest absolute Gasteiger partial charge is 0.193 e. The van der Waals surface area contributed by atoms with E-state index in [1.54, 1.807) is 11.3 Å². The van der Waals surface area contributed by atoms with Crippen molar-refractivity contribution in [1.82, 2.24) is 15.2 Å². The number of nitrogens with zero attached hydrogens (tertiary/aromatic N) is 2. The molecule has 3 N–H and O–H groups in total. The summed E-state index contributed by atoms with van der Waals surface area (Å²) >= 11 is 1.56. The summed E-state index contributed by atoms with van der Waals surface area (Å²) in [5, 5.41) is 8.88. The highest BCUT2D eigenvalue weighted by Gasteiger charge is 2.08. The number of thiophene rings is 1. The number of aromatic nitrogens is 3. The molecule has 0 amide bonds. The highest BCUT2D eigenvalue weighted by Crippen LogP contribution is 2.28. The molecule has 0 atom stereocenters. The predicted octanol–water partition coefficient (Wildman–Crippen LogP) is 1.68. The van der Waals surface area contributed by atoms with E-state index in [2.05, 4.69) is 15.2 Å². The maximum absolute atomic E-state index is 5.74. The van der Waals surface area contributed by atoms with Crippen LogP contribution < -0.4 is 5.73 Å². The Balaban J connectivity index is 2.41. The van der Waals surface area contributed by atoms with Crippen molar-refractivity contribution >= 4 is 17.0 Å². The van der Waals surface area contributed by atoms with E-state index in [-0.39, 0.29) is 0 Å². The van der Waals surface area contributed by atoms with Crippen LogP contribution in [0.4, 0.5) is 5.69 Å². The van der Waals surface area contributed by atoms with Gasteiger partial charge in [-0.1, -0.05) is 6.92 Å². The lowest BCUT2D eigenvalue weighted by molar-refractivity contribution is 0.946. The van der Waals surface area contributed by atoms with Crippen LogP contribution >= 0.6 is 11.3 Å². The summed E-state index contributed by atoms with van der Waals surface area (Å²) in [6.45, 7) is 2.03. The van der Waals surface area contributed by atoms with Gasteiger partial charge >= 0.3 is 0 Å². The second kappa shape index (κ2) is 3.18. The molecule has 13 heavy (non-hydrogen) atoms. The minimum atomic E-state index is 0.698. The van der Waals surface area contributed by atoms with Crippen LogP contribution in [-0.2, 0) is 6.42 Å². The number of rotatable bonds is 2. The molecule has 0 fully saturated rings. The lowest BCUT2D eigenvalue weighted by atomic mass is 10.4. The average molecular weight is 194 g/mol. The molecule has 5 heteroatoms. The minimum absolute atomic E-state index is 0.698. The van der Waals surface area contributed by atoms with Crippen molar-refractivity contribution in [1.29, 1.82) is 0 Å². The highest BCUT2D eigenvalue weighted by molar-refractivity contribution is 7.14. The number of nitrogens with one attached hydrogen (secondary N) is 1. The topological polar surface area (TPSA) is 67.6 Å². The van der Waals surface area contributed by atoms with Gasteiger partial charge in [0.25, 0.3) is 0 Å². The van der Waals surface area contributed by atoms with Crippen molar-refractivity contribution in [3.8, 4) is 10.7 Å². The summed E-state index contributed by atoms with van der Waals surface area (Å²) in [5.74, 6) is 1.59. The Morgan fingerprint density at radius 1 is 1.62 bits per heavy atom. The number of H-pyrrole nitrogens is 1. The normalized spacial score (nSPS) is 10.5. The predicted molar refractivity (Wildman–Crippen MR) is 53.5 cm³/mol. The van der Waals surface area contributed by atoms with Gasteiger partial charge < -0.3 is 5.73 Å². The molecule has 2 rings (SSSR count). The maximum Gasteiger partial charge on any atom is 0.193 e. The number of anilines is 1. The van der Waals surface area contributed by atoms with E-state index in [4.69, 9.17) is 5.73 Å². The Morgan fingerprint density at radius 2 is 2.46 bits per heavy atom. The molecule has 0 saturated heterocycles. The van der Waals surface area contributed by atoms with Gasteiger partial charge in [0, 0.05) is 6.42 Å². The molecular weight excluding hydrogens is 184 g/mol. The number of nitrogens with two attached hydrogens (primary N) is 1. The van der Waals surface area contributed by atoms with Crippen LogP contribution in [0.15, 0.2) is 11.4 Å². The van der Waals surface area contributed by atoms with Gasteiger partial charge in [0.2, 0.25) is 0 Å². The molecule has 0 aliphatic heterocycles. The third-order valence-corrected chi connectivity index (χ3v) is 2.69. The van der Waals surface area contributed by atoms with E-state index < -0.39 is 0 Å². The molecule has 68 valence electrons. The van der Waals surface area contributed by atoms with E-state index in [1.807, 2.05) is 18.4 Å². The number of nitrogen functional groups attached to an aromatic ring is 1. The zero-order valence-corrected chi connectivity index (χ0v) is 8.06. The summed E-state index contributed by atoms with van der Waals surface area (Å²) < 4.78 is 0. The summed E-state index contributed by atoms with van der Waals surface area (Å²) in [5.41, 5.74) is 6.48. The number of aryl methyl sites for hydroxylation is 1. The second-order valence-corrected chi connectivity index (χ2v) is 3.58. The molecule has 2 heterocycles. The third kappa shape index (κ3) is 1.42. The highest BCUT2D eigenvalue weighted by atomic mass is 32.1. The number of hydrogen-bond donors (Lipinski definition) is 2. The van der Waals surface area contributed by atoms with Crippen LogP contribution in [0.1, 0.15) is 12.7 Å². The van der Waals surface area contributed by atoms with Crippen LogP contribution in [0.5, 0.6) is 0 Å². The molecule has 0 aliphatic rings. The van der Waals surface area contributed by atoms with E-state index in [1.165, 1.54) is 0 Å². The lowest BCUT2D eigenvalue weighted by Crippen LogP contribution is -1.85. The molecule has 0 radical (unpaired) electrons. The van der Waals surface area contributed by atoms with Crippen molar-refractivity contribution in [3.63, 3.8) is 0 Å². The maximum atomic E-state index is 5.74. The van der Waals surface area contributed by atoms with Gasteiger partial charge in [0.05, 0.1) is 10.6 Å².